The van der Waals surface area contributed by atoms with Gasteiger partial charge in [-0.2, -0.15) is 4.31 Å². The topological polar surface area (TPSA) is 138 Å². The fourth-order valence-corrected chi connectivity index (χ4v) is 6.50. The largest absolute Gasteiger partial charge is 0.490 e. The second-order valence-corrected chi connectivity index (χ2v) is 13.8. The van der Waals surface area contributed by atoms with Gasteiger partial charge in [-0.1, -0.05) is 25.1 Å². The third-order valence-electron chi connectivity index (χ3n) is 8.14. The molecule has 2 heterocycles. The Balaban J connectivity index is 1.65. The zero-order chi connectivity index (χ0) is 33.3. The van der Waals surface area contributed by atoms with E-state index in [1.807, 2.05) is 13.8 Å². The van der Waals surface area contributed by atoms with Crippen LogP contribution in [0.5, 0.6) is 5.75 Å². The van der Waals surface area contributed by atoms with Crippen molar-refractivity contribution in [2.75, 3.05) is 38.7 Å². The Morgan fingerprint density at radius 3 is 2.52 bits per heavy atom. The molecule has 1 aromatic heterocycles. The van der Waals surface area contributed by atoms with Crippen LogP contribution in [0.4, 0.5) is 5.69 Å². The number of hydrogen-bond donors (Lipinski definition) is 2. The molecule has 1 aliphatic heterocycles. The summed E-state index contributed by atoms with van der Waals surface area (Å²) in [6.45, 7) is 5.96. The summed E-state index contributed by atoms with van der Waals surface area (Å²) < 4.78 is 40.5. The van der Waals surface area contributed by atoms with Crippen LogP contribution in [-0.4, -0.2) is 91.1 Å². The molecule has 0 aliphatic carbocycles. The lowest BCUT2D eigenvalue weighted by Gasteiger charge is -2.35. The van der Waals surface area contributed by atoms with E-state index in [4.69, 9.17) is 9.47 Å². The number of sulfonamides is 1. The Bertz CT molecular complexity index is 1560. The lowest BCUT2D eigenvalue weighted by molar-refractivity contribution is -0.00834. The molecular formula is C34H44N4O7S. The van der Waals surface area contributed by atoms with Gasteiger partial charge < -0.3 is 24.8 Å². The standard InChI is InChI=1S/C34H44N4O7S/c1-24-21-38(25(2)23-39)34(41)30-20-28(36-33(40)27-15-17-35-18-16-27)13-14-31(30)45-26(3)10-8-9-19-44-32(24)22-37(4)46(42,43)29-11-6-5-7-12-29/h5-7,11-18,20,24-26,32,39H,8-10,19,21-23H2,1-4H3,(H,36,40)/t24-,25+,26-,32+/m1/s1. The van der Waals surface area contributed by atoms with Gasteiger partial charge in [0.05, 0.1) is 35.3 Å². The zero-order valence-electron chi connectivity index (χ0n) is 26.8. The third-order valence-corrected chi connectivity index (χ3v) is 9.98. The van der Waals surface area contributed by atoms with Gasteiger partial charge in [0, 0.05) is 56.3 Å². The third kappa shape index (κ3) is 8.91. The van der Waals surface area contributed by atoms with Crippen molar-refractivity contribution in [1.29, 1.82) is 0 Å². The SMILES string of the molecule is C[C@@H]1CCCCO[C@@H](CN(C)S(=O)(=O)c2ccccc2)[C@H](C)CN([C@@H](C)CO)C(=O)c2cc(NC(=O)c3ccncc3)ccc2O1. The van der Waals surface area contributed by atoms with Crippen molar-refractivity contribution in [1.82, 2.24) is 14.2 Å². The molecule has 4 atom stereocenters. The normalized spacial score (nSPS) is 20.7. The Morgan fingerprint density at radius 1 is 1.11 bits per heavy atom. The van der Waals surface area contributed by atoms with Crippen LogP contribution in [0.15, 0.2) is 78.0 Å². The van der Waals surface area contributed by atoms with Crippen LogP contribution >= 0.6 is 0 Å². The molecule has 2 amide bonds. The predicted octanol–water partition coefficient (Wildman–Crippen LogP) is 4.45. The van der Waals surface area contributed by atoms with Gasteiger partial charge in [-0.15, -0.1) is 0 Å². The summed E-state index contributed by atoms with van der Waals surface area (Å²) in [5.41, 5.74) is 1.07. The summed E-state index contributed by atoms with van der Waals surface area (Å²) in [5, 5.41) is 13.0. The lowest BCUT2D eigenvalue weighted by Crippen LogP contribution is -2.48. The average Bonchev–Trinajstić information content (AvgIpc) is 3.06. The number of hydrogen-bond acceptors (Lipinski definition) is 8. The van der Waals surface area contributed by atoms with Crippen molar-refractivity contribution in [3.63, 3.8) is 0 Å². The van der Waals surface area contributed by atoms with Gasteiger partial charge in [-0.3, -0.25) is 14.6 Å². The molecule has 0 saturated heterocycles. The minimum Gasteiger partial charge on any atom is -0.490 e. The number of nitrogens with one attached hydrogen (secondary N) is 1. The predicted molar refractivity (Wildman–Crippen MR) is 175 cm³/mol. The van der Waals surface area contributed by atoms with Gasteiger partial charge in [0.15, 0.2) is 0 Å². The van der Waals surface area contributed by atoms with E-state index in [-0.39, 0.29) is 48.1 Å². The number of likely N-dealkylation sites (N-methyl/N-ethyl adjacent to an activating group) is 1. The molecular weight excluding hydrogens is 608 g/mol. The minimum atomic E-state index is -3.77. The van der Waals surface area contributed by atoms with Gasteiger partial charge >= 0.3 is 0 Å². The number of fused-ring (bicyclic) bond motifs is 1. The van der Waals surface area contributed by atoms with Gasteiger partial charge in [-0.25, -0.2) is 8.42 Å². The Hall–Kier alpha value is -3.84. The quantitative estimate of drug-likeness (QED) is 0.364. The van der Waals surface area contributed by atoms with Crippen molar-refractivity contribution in [3.05, 3.63) is 84.2 Å². The second-order valence-electron chi connectivity index (χ2n) is 11.8. The van der Waals surface area contributed by atoms with Crippen LogP contribution in [-0.2, 0) is 14.8 Å². The summed E-state index contributed by atoms with van der Waals surface area (Å²) >= 11 is 0. The van der Waals surface area contributed by atoms with Gasteiger partial charge in [0.2, 0.25) is 10.0 Å². The van der Waals surface area contributed by atoms with Crippen molar-refractivity contribution in [2.45, 2.75) is 63.2 Å². The van der Waals surface area contributed by atoms with Crippen molar-refractivity contribution < 1.29 is 32.6 Å². The summed E-state index contributed by atoms with van der Waals surface area (Å²) in [5.74, 6) is -0.682. The van der Waals surface area contributed by atoms with Crippen molar-refractivity contribution in [2.24, 2.45) is 5.92 Å². The second kappa shape index (κ2) is 16.1. The lowest BCUT2D eigenvalue weighted by atomic mass is 10.0. The maximum absolute atomic E-state index is 14.3. The number of carbonyl (C=O) groups is 2. The smallest absolute Gasteiger partial charge is 0.258 e. The van der Waals surface area contributed by atoms with E-state index in [0.717, 1.165) is 12.8 Å². The fourth-order valence-electron chi connectivity index (χ4n) is 5.29. The van der Waals surface area contributed by atoms with Crippen LogP contribution in [0.1, 0.15) is 60.7 Å². The number of pyridine rings is 1. The summed E-state index contributed by atoms with van der Waals surface area (Å²) in [6.07, 6.45) is 4.55. The van der Waals surface area contributed by atoms with Crippen LogP contribution < -0.4 is 10.1 Å². The molecule has 0 radical (unpaired) electrons. The van der Waals surface area contributed by atoms with Crippen LogP contribution in [0.25, 0.3) is 0 Å². The van der Waals surface area contributed by atoms with E-state index in [0.29, 0.717) is 30.0 Å². The highest BCUT2D eigenvalue weighted by Gasteiger charge is 2.32. The molecule has 2 N–H and O–H groups in total. The number of nitrogens with zero attached hydrogens (tertiary/aromatic N) is 3. The van der Waals surface area contributed by atoms with Crippen molar-refractivity contribution >= 4 is 27.5 Å². The van der Waals surface area contributed by atoms with E-state index in [1.165, 1.54) is 23.7 Å². The number of carbonyl (C=O) groups excluding carboxylic acids is 2. The number of amides is 2. The molecule has 4 rings (SSSR count). The first-order chi connectivity index (χ1) is 22.0. The summed E-state index contributed by atoms with van der Waals surface area (Å²) in [6, 6.07) is 15.8. The van der Waals surface area contributed by atoms with Gasteiger partial charge in [0.1, 0.15) is 5.75 Å². The van der Waals surface area contributed by atoms with E-state index < -0.39 is 28.1 Å². The number of benzene rings is 2. The molecule has 46 heavy (non-hydrogen) atoms. The fraction of sp³-hybridized carbons (Fsp3) is 0.441. The van der Waals surface area contributed by atoms with E-state index in [9.17, 15) is 23.1 Å². The molecule has 3 aromatic rings. The first-order valence-electron chi connectivity index (χ1n) is 15.6. The Morgan fingerprint density at radius 2 is 1.83 bits per heavy atom. The van der Waals surface area contributed by atoms with Gasteiger partial charge in [0.25, 0.3) is 11.8 Å². The number of aliphatic hydroxyl groups excluding tert-OH is 1. The maximum atomic E-state index is 14.3. The number of ether oxygens (including phenoxy) is 2. The number of aromatic nitrogens is 1. The molecule has 0 unspecified atom stereocenters. The highest BCUT2D eigenvalue weighted by atomic mass is 32.2. The molecule has 0 bridgehead atoms. The van der Waals surface area contributed by atoms with E-state index >= 15 is 0 Å². The molecule has 0 saturated carbocycles. The molecule has 1 aliphatic rings. The molecule has 0 fully saturated rings. The van der Waals surface area contributed by atoms with Crippen LogP contribution in [0.3, 0.4) is 0 Å². The molecule has 2 aromatic carbocycles. The zero-order valence-corrected chi connectivity index (χ0v) is 27.7. The summed E-state index contributed by atoms with van der Waals surface area (Å²) in [4.78, 5) is 32.9. The van der Waals surface area contributed by atoms with E-state index in [1.54, 1.807) is 72.5 Å². The molecule has 0 spiro atoms. The van der Waals surface area contributed by atoms with Crippen LogP contribution in [0, 0.1) is 5.92 Å². The Labute approximate surface area is 271 Å². The number of rotatable bonds is 8. The summed E-state index contributed by atoms with van der Waals surface area (Å²) in [7, 11) is -2.24. The minimum absolute atomic E-state index is 0.0786. The highest BCUT2D eigenvalue weighted by molar-refractivity contribution is 7.89. The average molecular weight is 653 g/mol. The van der Waals surface area contributed by atoms with Crippen LogP contribution in [0.2, 0.25) is 0 Å². The number of aliphatic hydroxyl groups is 1. The Kier molecular flexibility index (Phi) is 12.3. The molecule has 11 nitrogen and oxygen atoms in total. The maximum Gasteiger partial charge on any atom is 0.258 e. The first-order valence-corrected chi connectivity index (χ1v) is 17.0. The number of anilines is 1. The van der Waals surface area contributed by atoms with E-state index in [2.05, 4.69) is 10.3 Å². The molecule has 248 valence electrons. The first kappa shape index (κ1) is 35.0. The molecule has 12 heteroatoms. The van der Waals surface area contributed by atoms with Gasteiger partial charge in [-0.05, 0) is 75.6 Å². The van der Waals surface area contributed by atoms with Crippen molar-refractivity contribution in [3.8, 4) is 5.75 Å². The highest BCUT2D eigenvalue weighted by Crippen LogP contribution is 2.29. The monoisotopic (exact) mass is 652 g/mol.